The second-order valence-electron chi connectivity index (χ2n) is 6.69. The first-order valence-electron chi connectivity index (χ1n) is 8.46. The minimum absolute atomic E-state index is 0.0590. The van der Waals surface area contributed by atoms with Gasteiger partial charge in [-0.2, -0.15) is 26.3 Å². The normalized spacial score (nSPS) is 14.5. The maximum Gasteiger partial charge on any atom is 0.432 e. The SMILES string of the molecule is CC(=O)OC(C)(c1cn(-c2c(Cl)cc(C(F)(F)F)cc2Cl)c2cccnc12)C(F)(F)F. The fourth-order valence-electron chi connectivity index (χ4n) is 3.10. The summed E-state index contributed by atoms with van der Waals surface area (Å²) in [5.41, 5.74) is -5.09. The van der Waals surface area contributed by atoms with E-state index >= 15 is 0 Å². The van der Waals surface area contributed by atoms with E-state index in [0.717, 1.165) is 17.7 Å². The molecule has 2 aromatic heterocycles. The lowest BCUT2D eigenvalue weighted by Crippen LogP contribution is -2.43. The number of hydrogen-bond acceptors (Lipinski definition) is 3. The van der Waals surface area contributed by atoms with E-state index in [-0.39, 0.29) is 16.7 Å². The number of ether oxygens (including phenoxy) is 1. The molecule has 0 bridgehead atoms. The van der Waals surface area contributed by atoms with Crippen molar-refractivity contribution in [2.45, 2.75) is 31.8 Å². The number of nitrogens with zero attached hydrogens (tertiary/aromatic N) is 2. The summed E-state index contributed by atoms with van der Waals surface area (Å²) in [4.78, 5) is 15.4. The molecule has 3 aromatic rings. The third-order valence-corrected chi connectivity index (χ3v) is 5.12. The molecule has 0 N–H and O–H groups in total. The predicted molar refractivity (Wildman–Crippen MR) is 101 cm³/mol. The van der Waals surface area contributed by atoms with Crippen molar-refractivity contribution in [2.24, 2.45) is 0 Å². The molecule has 12 heteroatoms. The van der Waals surface area contributed by atoms with Gasteiger partial charge in [-0.25, -0.2) is 0 Å². The number of carbonyl (C=O) groups is 1. The van der Waals surface area contributed by atoms with Crippen LogP contribution in [0, 0.1) is 0 Å². The number of carbonyl (C=O) groups excluding carboxylic acids is 1. The summed E-state index contributed by atoms with van der Waals surface area (Å²) in [5, 5.41) is -0.901. The van der Waals surface area contributed by atoms with Crippen LogP contribution >= 0.6 is 23.2 Å². The molecule has 0 aliphatic carbocycles. The molecule has 1 atom stereocenters. The minimum atomic E-state index is -5.04. The summed E-state index contributed by atoms with van der Waals surface area (Å²) < 4.78 is 86.7. The summed E-state index contributed by atoms with van der Waals surface area (Å²) in [6, 6.07) is 4.01. The molecule has 1 aromatic carbocycles. The van der Waals surface area contributed by atoms with Crippen molar-refractivity contribution in [3.05, 3.63) is 57.8 Å². The average molecular weight is 485 g/mol. The van der Waals surface area contributed by atoms with Crippen molar-refractivity contribution in [1.82, 2.24) is 9.55 Å². The molecule has 166 valence electrons. The number of aromatic nitrogens is 2. The zero-order chi connectivity index (χ0) is 23.4. The second kappa shape index (κ2) is 7.59. The van der Waals surface area contributed by atoms with Gasteiger partial charge in [-0.05, 0) is 31.2 Å². The van der Waals surface area contributed by atoms with E-state index in [9.17, 15) is 31.1 Å². The molecule has 0 fully saturated rings. The summed E-state index contributed by atoms with van der Waals surface area (Å²) in [5.74, 6) is -1.19. The fourth-order valence-corrected chi connectivity index (χ4v) is 3.77. The van der Waals surface area contributed by atoms with Gasteiger partial charge in [-0.15, -0.1) is 0 Å². The lowest BCUT2D eigenvalue weighted by atomic mass is 9.96. The fraction of sp³-hybridized carbons (Fsp3) is 0.263. The Morgan fingerprint density at radius 3 is 2.16 bits per heavy atom. The van der Waals surface area contributed by atoms with Gasteiger partial charge >= 0.3 is 18.3 Å². The number of rotatable bonds is 3. The van der Waals surface area contributed by atoms with E-state index in [4.69, 9.17) is 23.2 Å². The Bertz CT molecular complexity index is 1150. The van der Waals surface area contributed by atoms with Gasteiger partial charge in [0, 0.05) is 24.9 Å². The topological polar surface area (TPSA) is 44.1 Å². The monoisotopic (exact) mass is 484 g/mol. The Kier molecular flexibility index (Phi) is 5.69. The molecule has 0 spiro atoms. The number of benzene rings is 1. The summed E-state index contributed by atoms with van der Waals surface area (Å²) in [6.07, 6.45) is -7.62. The van der Waals surface area contributed by atoms with Crippen LogP contribution in [0.1, 0.15) is 25.0 Å². The number of fused-ring (bicyclic) bond motifs is 1. The van der Waals surface area contributed by atoms with Gasteiger partial charge in [-0.3, -0.25) is 9.78 Å². The summed E-state index contributed by atoms with van der Waals surface area (Å²) in [6.45, 7) is 1.47. The van der Waals surface area contributed by atoms with E-state index in [1.807, 2.05) is 0 Å². The molecular weight excluding hydrogens is 473 g/mol. The molecular formula is C19H12Cl2F6N2O2. The van der Waals surface area contributed by atoms with Gasteiger partial charge in [0.1, 0.15) is 0 Å². The van der Waals surface area contributed by atoms with Crippen LogP contribution in [0.3, 0.4) is 0 Å². The quantitative estimate of drug-likeness (QED) is 0.307. The molecule has 0 amide bonds. The highest BCUT2D eigenvalue weighted by Gasteiger charge is 2.57. The first kappa shape index (κ1) is 23.2. The Hall–Kier alpha value is -2.46. The van der Waals surface area contributed by atoms with Crippen molar-refractivity contribution in [3.63, 3.8) is 0 Å². The van der Waals surface area contributed by atoms with Gasteiger partial charge in [0.05, 0.1) is 32.3 Å². The second-order valence-corrected chi connectivity index (χ2v) is 7.51. The molecule has 0 aliphatic heterocycles. The number of alkyl halides is 6. The molecule has 0 saturated heterocycles. The minimum Gasteiger partial charge on any atom is -0.445 e. The Labute approximate surface area is 181 Å². The zero-order valence-electron chi connectivity index (χ0n) is 15.7. The largest absolute Gasteiger partial charge is 0.445 e. The third-order valence-electron chi connectivity index (χ3n) is 4.55. The third kappa shape index (κ3) is 4.06. The van der Waals surface area contributed by atoms with Gasteiger partial charge in [-0.1, -0.05) is 23.2 Å². The lowest BCUT2D eigenvalue weighted by molar-refractivity contribution is -0.268. The molecule has 0 radical (unpaired) electrons. The smallest absolute Gasteiger partial charge is 0.432 e. The molecule has 0 aliphatic rings. The van der Waals surface area contributed by atoms with Crippen molar-refractivity contribution in [3.8, 4) is 5.69 Å². The summed E-state index contributed by atoms with van der Waals surface area (Å²) in [7, 11) is 0. The van der Waals surface area contributed by atoms with Crippen LogP contribution in [-0.4, -0.2) is 21.7 Å². The molecule has 3 rings (SSSR count). The first-order chi connectivity index (χ1) is 14.2. The van der Waals surface area contributed by atoms with Crippen molar-refractivity contribution < 1.29 is 35.9 Å². The zero-order valence-corrected chi connectivity index (χ0v) is 17.2. The van der Waals surface area contributed by atoms with Gasteiger partial charge in [0.2, 0.25) is 5.60 Å². The number of hydrogen-bond donors (Lipinski definition) is 0. The van der Waals surface area contributed by atoms with Crippen LogP contribution in [0.4, 0.5) is 26.3 Å². The molecule has 0 saturated carbocycles. The molecule has 2 heterocycles. The van der Waals surface area contributed by atoms with Crippen LogP contribution in [0.15, 0.2) is 36.7 Å². The predicted octanol–water partition coefficient (Wildman–Crippen LogP) is 6.69. The Morgan fingerprint density at radius 2 is 1.68 bits per heavy atom. The van der Waals surface area contributed by atoms with Crippen LogP contribution in [0.2, 0.25) is 10.0 Å². The van der Waals surface area contributed by atoms with Gasteiger partial charge in [0.25, 0.3) is 0 Å². The number of esters is 1. The van der Waals surface area contributed by atoms with Crippen molar-refractivity contribution in [1.29, 1.82) is 0 Å². The average Bonchev–Trinajstić information content (AvgIpc) is 2.99. The van der Waals surface area contributed by atoms with Crippen LogP contribution in [0.5, 0.6) is 0 Å². The maximum absolute atomic E-state index is 13.9. The Morgan fingerprint density at radius 1 is 1.10 bits per heavy atom. The first-order valence-corrected chi connectivity index (χ1v) is 9.22. The Balaban J connectivity index is 2.35. The highest BCUT2D eigenvalue weighted by molar-refractivity contribution is 6.38. The number of pyridine rings is 1. The standard InChI is InChI=1S/C19H12Cl2F6N2O2/c1-9(30)31-17(2,19(25,26)27)11-8-29(14-4-3-5-28-15(11)14)16-12(20)6-10(7-13(16)21)18(22,23)24/h3-8H,1-2H3. The molecule has 4 nitrogen and oxygen atoms in total. The number of halogens is 8. The van der Waals surface area contributed by atoms with Crippen molar-refractivity contribution >= 4 is 40.2 Å². The van der Waals surface area contributed by atoms with Crippen LogP contribution in [-0.2, 0) is 21.3 Å². The van der Waals surface area contributed by atoms with Crippen LogP contribution in [0.25, 0.3) is 16.7 Å². The van der Waals surface area contributed by atoms with E-state index in [1.165, 1.54) is 18.3 Å². The van der Waals surface area contributed by atoms with E-state index < -0.39 is 45.1 Å². The van der Waals surface area contributed by atoms with Gasteiger partial charge < -0.3 is 9.30 Å². The van der Waals surface area contributed by atoms with Crippen molar-refractivity contribution in [2.75, 3.05) is 0 Å². The summed E-state index contributed by atoms with van der Waals surface area (Å²) >= 11 is 12.1. The molecule has 1 unspecified atom stereocenters. The van der Waals surface area contributed by atoms with E-state index in [0.29, 0.717) is 19.1 Å². The van der Waals surface area contributed by atoms with E-state index in [1.54, 1.807) is 0 Å². The molecule has 31 heavy (non-hydrogen) atoms. The lowest BCUT2D eigenvalue weighted by Gasteiger charge is -2.30. The maximum atomic E-state index is 13.9. The van der Waals surface area contributed by atoms with E-state index in [2.05, 4.69) is 9.72 Å². The highest BCUT2D eigenvalue weighted by atomic mass is 35.5. The van der Waals surface area contributed by atoms with Gasteiger partial charge in [0.15, 0.2) is 0 Å². The van der Waals surface area contributed by atoms with Crippen LogP contribution < -0.4 is 0 Å². The highest BCUT2D eigenvalue weighted by Crippen LogP contribution is 2.46.